The Labute approximate surface area is 225 Å². The Morgan fingerprint density at radius 2 is 1.84 bits per heavy atom. The maximum atomic E-state index is 14.6. The minimum atomic E-state index is -1.50. The molecule has 2 fully saturated rings. The predicted molar refractivity (Wildman–Crippen MR) is 144 cm³/mol. The number of rotatable bonds is 3. The Kier molecular flexibility index (Phi) is 4.88. The van der Waals surface area contributed by atoms with Crippen molar-refractivity contribution in [3.05, 3.63) is 87.9 Å². The molecule has 192 valence electrons. The molecule has 7 nitrogen and oxygen atoms in total. The van der Waals surface area contributed by atoms with Gasteiger partial charge in [0.15, 0.2) is 5.78 Å². The summed E-state index contributed by atoms with van der Waals surface area (Å²) < 4.78 is 5.41. The summed E-state index contributed by atoms with van der Waals surface area (Å²) >= 11 is 6.60. The highest BCUT2D eigenvalue weighted by Gasteiger charge is 2.81. The van der Waals surface area contributed by atoms with Crippen LogP contribution in [0.1, 0.15) is 39.9 Å². The molecule has 0 bridgehead atoms. The number of amides is 2. The number of nitrogens with zero attached hydrogens (tertiary/aromatic N) is 1. The van der Waals surface area contributed by atoms with Gasteiger partial charge >= 0.3 is 0 Å². The molecule has 4 aliphatic heterocycles. The molecule has 8 heteroatoms. The van der Waals surface area contributed by atoms with Crippen LogP contribution in [0.4, 0.5) is 11.4 Å². The van der Waals surface area contributed by atoms with Gasteiger partial charge in [-0.25, -0.2) is 0 Å². The summed E-state index contributed by atoms with van der Waals surface area (Å²) in [7, 11) is 1.56. The molecule has 0 aliphatic carbocycles. The molecule has 0 aromatic heterocycles. The van der Waals surface area contributed by atoms with Crippen molar-refractivity contribution in [3.8, 4) is 5.75 Å². The number of hydrogen-bond acceptors (Lipinski definition) is 5. The third-order valence-corrected chi connectivity index (χ3v) is 9.22. The van der Waals surface area contributed by atoms with E-state index >= 15 is 0 Å². The zero-order valence-corrected chi connectivity index (χ0v) is 21.8. The van der Waals surface area contributed by atoms with Crippen LogP contribution >= 0.6 is 11.6 Å². The number of carbonyl (C=O) groups excluding carboxylic acids is 3. The molecule has 2 N–H and O–H groups in total. The summed E-state index contributed by atoms with van der Waals surface area (Å²) in [5, 5.41) is 6.65. The van der Waals surface area contributed by atoms with E-state index in [1.165, 1.54) is 0 Å². The number of benzene rings is 3. The van der Waals surface area contributed by atoms with Gasteiger partial charge in [0.1, 0.15) is 16.7 Å². The first kappa shape index (κ1) is 23.4. The van der Waals surface area contributed by atoms with Gasteiger partial charge in [-0.05, 0) is 67.8 Å². The highest BCUT2D eigenvalue weighted by Crippen LogP contribution is 2.68. The number of nitrogens with one attached hydrogen (secondary N) is 2. The molecular formula is C30H26ClN3O4. The fraction of sp³-hybridized carbons (Fsp3) is 0.300. The van der Waals surface area contributed by atoms with Gasteiger partial charge in [0.25, 0.3) is 5.91 Å². The van der Waals surface area contributed by atoms with Crippen molar-refractivity contribution in [2.75, 3.05) is 24.3 Å². The Bertz CT molecular complexity index is 1570. The summed E-state index contributed by atoms with van der Waals surface area (Å²) in [5.41, 5.74) is 0.954. The molecule has 0 radical (unpaired) electrons. The van der Waals surface area contributed by atoms with E-state index in [-0.39, 0.29) is 23.6 Å². The van der Waals surface area contributed by atoms with E-state index in [9.17, 15) is 14.4 Å². The molecule has 38 heavy (non-hydrogen) atoms. The summed E-state index contributed by atoms with van der Waals surface area (Å²) in [6.45, 7) is 2.48. The molecule has 2 spiro atoms. The number of carbonyl (C=O) groups is 3. The molecule has 0 saturated carbocycles. The molecule has 4 heterocycles. The van der Waals surface area contributed by atoms with Crippen LogP contribution in [0.25, 0.3) is 0 Å². The monoisotopic (exact) mass is 527 g/mol. The lowest BCUT2D eigenvalue weighted by atomic mass is 9.57. The maximum absolute atomic E-state index is 14.6. The van der Waals surface area contributed by atoms with Crippen molar-refractivity contribution in [3.63, 3.8) is 0 Å². The second kappa shape index (κ2) is 7.91. The van der Waals surface area contributed by atoms with Crippen LogP contribution in [0.2, 0.25) is 5.02 Å². The van der Waals surface area contributed by atoms with Crippen LogP contribution in [0.15, 0.2) is 60.7 Å². The van der Waals surface area contributed by atoms with E-state index in [1.807, 2.05) is 37.3 Å². The van der Waals surface area contributed by atoms with Crippen molar-refractivity contribution in [2.24, 2.45) is 5.92 Å². The van der Waals surface area contributed by atoms with Crippen LogP contribution in [0, 0.1) is 12.8 Å². The first-order valence-corrected chi connectivity index (χ1v) is 13.2. The van der Waals surface area contributed by atoms with E-state index in [1.54, 1.807) is 37.4 Å². The molecule has 4 atom stereocenters. The number of hydrogen-bond donors (Lipinski definition) is 2. The lowest BCUT2D eigenvalue weighted by Crippen LogP contribution is -2.62. The average molecular weight is 528 g/mol. The predicted octanol–water partition coefficient (Wildman–Crippen LogP) is 4.67. The maximum Gasteiger partial charge on any atom is 0.251 e. The molecule has 4 aliphatic rings. The number of fused-ring (bicyclic) bond motifs is 7. The highest BCUT2D eigenvalue weighted by molar-refractivity contribution is 6.31. The van der Waals surface area contributed by atoms with Crippen molar-refractivity contribution < 1.29 is 19.1 Å². The number of Topliss-reactive ketones (excluding diaryl/α,β-unsaturated/α-hetero) is 1. The first-order valence-electron chi connectivity index (χ1n) is 12.8. The number of ketones is 1. The number of methoxy groups -OCH3 is 1. The topological polar surface area (TPSA) is 87.7 Å². The van der Waals surface area contributed by atoms with Gasteiger partial charge in [-0.2, -0.15) is 0 Å². The first-order chi connectivity index (χ1) is 18.3. The summed E-state index contributed by atoms with van der Waals surface area (Å²) in [4.78, 5) is 45.8. The third kappa shape index (κ3) is 2.60. The Morgan fingerprint density at radius 1 is 1.03 bits per heavy atom. The number of anilines is 2. The van der Waals surface area contributed by atoms with Crippen molar-refractivity contribution in [1.29, 1.82) is 0 Å². The summed E-state index contributed by atoms with van der Waals surface area (Å²) in [5.74, 6) is -1.06. The van der Waals surface area contributed by atoms with E-state index in [4.69, 9.17) is 16.3 Å². The van der Waals surface area contributed by atoms with Crippen LogP contribution in [-0.4, -0.2) is 42.2 Å². The molecule has 3 aromatic rings. The van der Waals surface area contributed by atoms with Gasteiger partial charge in [0.05, 0.1) is 13.0 Å². The summed E-state index contributed by atoms with van der Waals surface area (Å²) in [6, 6.07) is 17.7. The van der Waals surface area contributed by atoms with Crippen molar-refractivity contribution in [1.82, 2.24) is 4.90 Å². The molecule has 3 aromatic carbocycles. The molecule has 2 saturated heterocycles. The van der Waals surface area contributed by atoms with Gasteiger partial charge in [-0.15, -0.1) is 0 Å². The fourth-order valence-electron chi connectivity index (χ4n) is 7.77. The van der Waals surface area contributed by atoms with Gasteiger partial charge < -0.3 is 15.4 Å². The largest absolute Gasteiger partial charge is 0.497 e. The second-order valence-electron chi connectivity index (χ2n) is 10.6. The smallest absolute Gasteiger partial charge is 0.251 e. The van der Waals surface area contributed by atoms with Gasteiger partial charge in [0, 0.05) is 33.6 Å². The van der Waals surface area contributed by atoms with E-state index in [2.05, 4.69) is 15.5 Å². The third-order valence-electron chi connectivity index (χ3n) is 9.00. The minimum Gasteiger partial charge on any atom is -0.497 e. The average Bonchev–Trinajstić information content (AvgIpc) is 3.63. The van der Waals surface area contributed by atoms with Crippen molar-refractivity contribution >= 4 is 40.6 Å². The number of ether oxygens (including phenoxy) is 1. The van der Waals surface area contributed by atoms with E-state index in [0.717, 1.165) is 12.0 Å². The Hall–Kier alpha value is -3.68. The standard InChI is InChI=1S/C30H26ClN3O4/c1-16-13-18(31)15-21-25(16)33-28(37)30(21)29(20-9-3-4-10-22(20)32-27(29)36)24(23-11-6-12-34(23)30)26(35)17-7-5-8-19(14-17)38-2/h3-5,7-10,13-15,23-24H,6,11-12H2,1-2H3,(H,32,36)(H,33,37). The number of para-hydroxylation sites is 1. The molecule has 4 unspecified atom stereocenters. The number of halogens is 1. The van der Waals surface area contributed by atoms with E-state index < -0.39 is 16.9 Å². The van der Waals surface area contributed by atoms with Crippen molar-refractivity contribution in [2.45, 2.75) is 36.8 Å². The van der Waals surface area contributed by atoms with Gasteiger partial charge in [-0.3, -0.25) is 19.3 Å². The summed E-state index contributed by atoms with van der Waals surface area (Å²) in [6.07, 6.45) is 1.51. The van der Waals surface area contributed by atoms with Gasteiger partial charge in [-0.1, -0.05) is 41.9 Å². The van der Waals surface area contributed by atoms with Crippen LogP contribution in [0.3, 0.4) is 0 Å². The van der Waals surface area contributed by atoms with Crippen LogP contribution in [-0.2, 0) is 20.5 Å². The quantitative estimate of drug-likeness (QED) is 0.483. The lowest BCUT2D eigenvalue weighted by Gasteiger charge is -2.43. The molecule has 7 rings (SSSR count). The fourth-order valence-corrected chi connectivity index (χ4v) is 8.04. The molecular weight excluding hydrogens is 502 g/mol. The SMILES string of the molecule is COc1cccc(C(=O)C2C3CCCN3C3(C(=O)Nc4c(C)cc(Cl)cc43)C23C(=O)Nc2ccccc23)c1. The zero-order chi connectivity index (χ0) is 26.4. The Morgan fingerprint density at radius 3 is 2.66 bits per heavy atom. The Balaban J connectivity index is 1.59. The van der Waals surface area contributed by atoms with Gasteiger partial charge in [0.2, 0.25) is 5.91 Å². The molecule has 2 amide bonds. The normalized spacial score (nSPS) is 28.8. The second-order valence-corrected chi connectivity index (χ2v) is 11.0. The lowest BCUT2D eigenvalue weighted by molar-refractivity contribution is -0.137. The number of aryl methyl sites for hydroxylation is 1. The zero-order valence-electron chi connectivity index (χ0n) is 21.0. The minimum absolute atomic E-state index is 0.176. The van der Waals surface area contributed by atoms with Crippen LogP contribution in [0.5, 0.6) is 5.75 Å². The van der Waals surface area contributed by atoms with Crippen LogP contribution < -0.4 is 15.4 Å². The van der Waals surface area contributed by atoms with E-state index in [0.29, 0.717) is 51.8 Å². The highest BCUT2D eigenvalue weighted by atomic mass is 35.5.